The van der Waals surface area contributed by atoms with Crippen LogP contribution in [-0.2, 0) is 35.6 Å². The maximum atomic E-state index is 13.3. The van der Waals surface area contributed by atoms with Crippen molar-refractivity contribution in [3.05, 3.63) is 59.1 Å². The van der Waals surface area contributed by atoms with E-state index in [0.29, 0.717) is 56.6 Å². The van der Waals surface area contributed by atoms with Crippen LogP contribution in [0.25, 0.3) is 0 Å². The van der Waals surface area contributed by atoms with Gasteiger partial charge in [0.1, 0.15) is 11.8 Å². The number of benzene rings is 2. The minimum absolute atomic E-state index is 0.118. The van der Waals surface area contributed by atoms with Gasteiger partial charge < -0.3 is 24.4 Å². The van der Waals surface area contributed by atoms with Crippen LogP contribution in [0.1, 0.15) is 32.8 Å². The molecule has 0 saturated carbocycles. The number of rotatable bonds is 14. The highest BCUT2D eigenvalue weighted by molar-refractivity contribution is 7.89. The Balaban J connectivity index is 1.63. The van der Waals surface area contributed by atoms with Crippen LogP contribution in [0, 0.1) is 0 Å². The molecule has 1 heterocycles. The zero-order valence-electron chi connectivity index (χ0n) is 23.2. The fraction of sp³-hybridized carbons (Fsp3) is 0.500. The Labute approximate surface area is 241 Å². The molecule has 10 nitrogen and oxygen atoms in total. The maximum absolute atomic E-state index is 13.3. The summed E-state index contributed by atoms with van der Waals surface area (Å²) in [7, 11) is -3.64. The minimum atomic E-state index is -3.64. The van der Waals surface area contributed by atoms with Crippen molar-refractivity contribution in [3.8, 4) is 5.75 Å². The highest BCUT2D eigenvalue weighted by atomic mass is 35.5. The Morgan fingerprint density at radius 2 is 1.70 bits per heavy atom. The van der Waals surface area contributed by atoms with Crippen molar-refractivity contribution in [2.24, 2.45) is 0 Å². The fourth-order valence-corrected chi connectivity index (χ4v) is 5.53. The summed E-state index contributed by atoms with van der Waals surface area (Å²) in [6, 6.07) is 12.2. The van der Waals surface area contributed by atoms with Crippen molar-refractivity contribution in [1.82, 2.24) is 14.5 Å². The van der Waals surface area contributed by atoms with E-state index < -0.39 is 22.0 Å². The van der Waals surface area contributed by atoms with Gasteiger partial charge in [0.05, 0.1) is 24.2 Å². The number of nitrogens with zero attached hydrogens (tertiary/aromatic N) is 2. The lowest BCUT2D eigenvalue weighted by Gasteiger charge is -2.29. The molecule has 220 valence electrons. The van der Waals surface area contributed by atoms with E-state index in [1.165, 1.54) is 33.5 Å². The van der Waals surface area contributed by atoms with Crippen molar-refractivity contribution in [2.45, 2.75) is 50.8 Å². The zero-order valence-corrected chi connectivity index (χ0v) is 24.7. The number of amides is 2. The summed E-state index contributed by atoms with van der Waals surface area (Å²) in [4.78, 5) is 27.8. The SMILES string of the molecule is CC(C)OCCCNC(=O)C(C)N(Cc1ccc(Cl)cc1)C(=O)COc1ccc(S(=O)(=O)N2CCOCC2)cc1. The Morgan fingerprint density at radius 3 is 2.33 bits per heavy atom. The number of sulfonamides is 1. The predicted octanol–water partition coefficient (Wildman–Crippen LogP) is 3.09. The molecule has 1 aliphatic rings. The fourth-order valence-electron chi connectivity index (χ4n) is 3.99. The number of ether oxygens (including phenoxy) is 3. The number of carbonyl (C=O) groups is 2. The zero-order chi connectivity index (χ0) is 29.1. The third kappa shape index (κ3) is 9.45. The molecule has 1 N–H and O–H groups in total. The number of morpholine rings is 1. The van der Waals surface area contributed by atoms with Crippen LogP contribution >= 0.6 is 11.6 Å². The van der Waals surface area contributed by atoms with Crippen LogP contribution in [-0.4, -0.2) is 87.6 Å². The molecule has 2 aromatic carbocycles. The van der Waals surface area contributed by atoms with Crippen LogP contribution in [0.4, 0.5) is 0 Å². The number of hydrogen-bond donors (Lipinski definition) is 1. The Bertz CT molecular complexity index is 1200. The summed E-state index contributed by atoms with van der Waals surface area (Å²) in [5, 5.41) is 3.43. The van der Waals surface area contributed by atoms with Crippen molar-refractivity contribution in [3.63, 3.8) is 0 Å². The molecule has 0 aliphatic carbocycles. The first-order chi connectivity index (χ1) is 19.1. The topological polar surface area (TPSA) is 114 Å². The molecule has 0 radical (unpaired) electrons. The second kappa shape index (κ2) is 15.3. The predicted molar refractivity (Wildman–Crippen MR) is 152 cm³/mol. The number of nitrogens with one attached hydrogen (secondary N) is 1. The molecular weight excluding hydrogens is 558 g/mol. The highest BCUT2D eigenvalue weighted by Crippen LogP contribution is 2.21. The third-order valence-electron chi connectivity index (χ3n) is 6.30. The van der Waals surface area contributed by atoms with Crippen molar-refractivity contribution >= 4 is 33.4 Å². The molecule has 3 rings (SSSR count). The van der Waals surface area contributed by atoms with Crippen LogP contribution in [0.15, 0.2) is 53.4 Å². The van der Waals surface area contributed by atoms with Gasteiger partial charge in [0, 0.05) is 37.8 Å². The highest BCUT2D eigenvalue weighted by Gasteiger charge is 2.28. The second-order valence-electron chi connectivity index (χ2n) is 9.66. The van der Waals surface area contributed by atoms with E-state index in [9.17, 15) is 18.0 Å². The van der Waals surface area contributed by atoms with Crippen molar-refractivity contribution < 1.29 is 32.2 Å². The lowest BCUT2D eigenvalue weighted by Crippen LogP contribution is -2.49. The van der Waals surface area contributed by atoms with Crippen molar-refractivity contribution in [2.75, 3.05) is 46.1 Å². The molecule has 1 unspecified atom stereocenters. The first-order valence-corrected chi connectivity index (χ1v) is 15.1. The van der Waals surface area contributed by atoms with Gasteiger partial charge in [-0.05, 0) is 69.2 Å². The van der Waals surface area contributed by atoms with E-state index in [1.54, 1.807) is 31.2 Å². The number of carbonyl (C=O) groups excluding carboxylic acids is 2. The van der Waals surface area contributed by atoms with Gasteiger partial charge in [-0.1, -0.05) is 23.7 Å². The van der Waals surface area contributed by atoms with Crippen LogP contribution in [0.5, 0.6) is 5.75 Å². The normalized spacial score (nSPS) is 15.0. The van der Waals surface area contributed by atoms with Gasteiger partial charge in [-0.3, -0.25) is 9.59 Å². The molecular formula is C28H38ClN3O7S. The summed E-state index contributed by atoms with van der Waals surface area (Å²) in [6.45, 7) is 7.69. The molecule has 1 aliphatic heterocycles. The van der Waals surface area contributed by atoms with Gasteiger partial charge in [0.15, 0.2) is 6.61 Å². The molecule has 2 aromatic rings. The molecule has 1 saturated heterocycles. The first-order valence-electron chi connectivity index (χ1n) is 13.3. The first kappa shape index (κ1) is 31.8. The quantitative estimate of drug-likeness (QED) is 0.334. The average Bonchev–Trinajstić information content (AvgIpc) is 2.95. The number of halogens is 1. The molecule has 0 spiro atoms. The van der Waals surface area contributed by atoms with Gasteiger partial charge in [-0.2, -0.15) is 4.31 Å². The average molecular weight is 596 g/mol. The molecule has 0 aromatic heterocycles. The van der Waals surface area contributed by atoms with E-state index in [-0.39, 0.29) is 30.1 Å². The summed E-state index contributed by atoms with van der Waals surface area (Å²) < 4.78 is 43.5. The van der Waals surface area contributed by atoms with Gasteiger partial charge in [-0.25, -0.2) is 8.42 Å². The summed E-state index contributed by atoms with van der Waals surface area (Å²) >= 11 is 6.01. The van der Waals surface area contributed by atoms with Gasteiger partial charge >= 0.3 is 0 Å². The minimum Gasteiger partial charge on any atom is -0.484 e. The second-order valence-corrected chi connectivity index (χ2v) is 12.0. The Kier molecular flexibility index (Phi) is 12.2. The van der Waals surface area contributed by atoms with Crippen LogP contribution in [0.3, 0.4) is 0 Å². The summed E-state index contributed by atoms with van der Waals surface area (Å²) in [5.41, 5.74) is 0.806. The molecule has 2 amide bonds. The van der Waals surface area contributed by atoms with E-state index >= 15 is 0 Å². The van der Waals surface area contributed by atoms with Gasteiger partial charge in [0.25, 0.3) is 5.91 Å². The lowest BCUT2D eigenvalue weighted by molar-refractivity contribution is -0.142. The molecule has 40 heavy (non-hydrogen) atoms. The monoisotopic (exact) mass is 595 g/mol. The van der Waals surface area contributed by atoms with Crippen molar-refractivity contribution in [1.29, 1.82) is 0 Å². The third-order valence-corrected chi connectivity index (χ3v) is 8.46. The molecule has 1 atom stereocenters. The lowest BCUT2D eigenvalue weighted by atomic mass is 10.1. The van der Waals surface area contributed by atoms with Crippen LogP contribution in [0.2, 0.25) is 5.02 Å². The van der Waals surface area contributed by atoms with E-state index in [4.69, 9.17) is 25.8 Å². The van der Waals surface area contributed by atoms with Gasteiger partial charge in [-0.15, -0.1) is 0 Å². The molecule has 12 heteroatoms. The van der Waals surface area contributed by atoms with E-state index in [1.807, 2.05) is 13.8 Å². The Morgan fingerprint density at radius 1 is 1.05 bits per heavy atom. The maximum Gasteiger partial charge on any atom is 0.261 e. The molecule has 0 bridgehead atoms. The summed E-state index contributed by atoms with van der Waals surface area (Å²) in [5.74, 6) is -0.349. The largest absolute Gasteiger partial charge is 0.484 e. The van der Waals surface area contributed by atoms with Gasteiger partial charge in [0.2, 0.25) is 15.9 Å². The van der Waals surface area contributed by atoms with E-state index in [2.05, 4.69) is 5.32 Å². The smallest absolute Gasteiger partial charge is 0.261 e. The standard InChI is InChI=1S/C28H38ClN3O7S/c1-21(2)38-16-4-13-30-28(34)22(3)32(19-23-5-7-24(29)8-6-23)27(33)20-39-25-9-11-26(12-10-25)40(35,36)31-14-17-37-18-15-31/h5-12,21-22H,4,13-20H2,1-3H3,(H,30,34). The number of hydrogen-bond acceptors (Lipinski definition) is 7. The summed E-state index contributed by atoms with van der Waals surface area (Å²) in [6.07, 6.45) is 0.773. The molecule has 1 fully saturated rings. The van der Waals surface area contributed by atoms with E-state index in [0.717, 1.165) is 5.56 Å². The van der Waals surface area contributed by atoms with Crippen LogP contribution < -0.4 is 10.1 Å². The Hall–Kier alpha value is -2.70.